The molecule has 122 valence electrons. The van der Waals surface area contributed by atoms with Gasteiger partial charge in [0.2, 0.25) is 5.95 Å². The second kappa shape index (κ2) is 7.22. The summed E-state index contributed by atoms with van der Waals surface area (Å²) >= 11 is 0. The maximum absolute atomic E-state index is 13.2. The van der Waals surface area contributed by atoms with Gasteiger partial charge in [0.25, 0.3) is 0 Å². The third kappa shape index (κ3) is 4.28. The lowest BCUT2D eigenvalue weighted by atomic mass is 10.0. The summed E-state index contributed by atoms with van der Waals surface area (Å²) in [5.74, 6) is 0.365. The average molecular weight is 314 g/mol. The van der Waals surface area contributed by atoms with Gasteiger partial charge >= 0.3 is 0 Å². The first-order valence-electron chi connectivity index (χ1n) is 7.62. The first-order chi connectivity index (χ1) is 10.9. The predicted octanol–water partition coefficient (Wildman–Crippen LogP) is 3.89. The zero-order valence-corrected chi connectivity index (χ0v) is 14.3. The van der Waals surface area contributed by atoms with E-state index in [4.69, 9.17) is 0 Å². The van der Waals surface area contributed by atoms with Crippen LogP contribution < -0.4 is 5.32 Å². The molecule has 0 aliphatic heterocycles. The van der Waals surface area contributed by atoms with Crippen molar-refractivity contribution in [3.05, 3.63) is 53.6 Å². The molecule has 0 radical (unpaired) electrons. The van der Waals surface area contributed by atoms with Gasteiger partial charge in [-0.1, -0.05) is 0 Å². The highest BCUT2D eigenvalue weighted by Gasteiger charge is 2.12. The molecule has 0 unspecified atom stereocenters. The van der Waals surface area contributed by atoms with Crippen LogP contribution in [0.25, 0.3) is 11.3 Å². The highest BCUT2D eigenvalue weighted by Crippen LogP contribution is 2.27. The number of rotatable bonds is 5. The molecule has 1 N–H and O–H groups in total. The van der Waals surface area contributed by atoms with Crippen LogP contribution >= 0.6 is 0 Å². The SMILES string of the molecule is CC(=C(c1ccc(F)cc1)N(C)C)c1ccnc(NC(C)C)n1. The minimum Gasteiger partial charge on any atom is -0.377 e. The molecule has 2 rings (SSSR count). The quantitative estimate of drug-likeness (QED) is 0.909. The molecule has 1 aromatic carbocycles. The van der Waals surface area contributed by atoms with E-state index < -0.39 is 0 Å². The molecule has 0 spiro atoms. The van der Waals surface area contributed by atoms with Crippen molar-refractivity contribution in [2.45, 2.75) is 26.8 Å². The van der Waals surface area contributed by atoms with Gasteiger partial charge in [0.1, 0.15) is 5.82 Å². The van der Waals surface area contributed by atoms with Crippen LogP contribution in [-0.2, 0) is 0 Å². The number of anilines is 1. The van der Waals surface area contributed by atoms with Gasteiger partial charge in [0, 0.05) is 32.0 Å². The minimum atomic E-state index is -0.241. The van der Waals surface area contributed by atoms with Crippen LogP contribution in [0.1, 0.15) is 32.0 Å². The lowest BCUT2D eigenvalue weighted by Crippen LogP contribution is -2.14. The molecule has 23 heavy (non-hydrogen) atoms. The molecule has 5 heteroatoms. The fraction of sp³-hybridized carbons (Fsp3) is 0.333. The summed E-state index contributed by atoms with van der Waals surface area (Å²) in [6, 6.07) is 8.65. The molecule has 4 nitrogen and oxygen atoms in total. The summed E-state index contributed by atoms with van der Waals surface area (Å²) in [6.07, 6.45) is 1.74. The van der Waals surface area contributed by atoms with Crippen LogP contribution in [0.2, 0.25) is 0 Å². The van der Waals surface area contributed by atoms with Crippen LogP contribution in [-0.4, -0.2) is 35.0 Å². The standard InChI is InChI=1S/C18H23FN4/c1-12(2)21-18-20-11-10-16(22-18)13(3)17(23(4)5)14-6-8-15(19)9-7-14/h6-12H,1-5H3,(H,20,21,22). The second-order valence-electron chi connectivity index (χ2n) is 5.94. The normalized spacial score (nSPS) is 12.1. The van der Waals surface area contributed by atoms with Gasteiger partial charge in [-0.25, -0.2) is 14.4 Å². The van der Waals surface area contributed by atoms with E-state index in [1.165, 1.54) is 12.1 Å². The summed E-state index contributed by atoms with van der Waals surface area (Å²) in [7, 11) is 3.94. The summed E-state index contributed by atoms with van der Waals surface area (Å²) in [5.41, 5.74) is 3.80. The number of halogens is 1. The van der Waals surface area contributed by atoms with E-state index in [0.29, 0.717) is 5.95 Å². The zero-order chi connectivity index (χ0) is 17.0. The van der Waals surface area contributed by atoms with E-state index >= 15 is 0 Å². The van der Waals surface area contributed by atoms with Gasteiger partial charge in [-0.2, -0.15) is 0 Å². The van der Waals surface area contributed by atoms with Crippen molar-refractivity contribution in [1.82, 2.24) is 14.9 Å². The number of nitrogens with zero attached hydrogens (tertiary/aromatic N) is 3. The van der Waals surface area contributed by atoms with E-state index in [1.54, 1.807) is 18.3 Å². The molecule has 1 heterocycles. The Morgan fingerprint density at radius 3 is 2.35 bits per heavy atom. The lowest BCUT2D eigenvalue weighted by Gasteiger charge is -2.21. The second-order valence-corrected chi connectivity index (χ2v) is 5.94. The van der Waals surface area contributed by atoms with Gasteiger partial charge < -0.3 is 10.2 Å². The molecule has 0 aliphatic rings. The van der Waals surface area contributed by atoms with Gasteiger partial charge in [-0.15, -0.1) is 0 Å². The summed E-state index contributed by atoms with van der Waals surface area (Å²) in [6.45, 7) is 6.10. The molecule has 1 aromatic heterocycles. The number of benzene rings is 1. The minimum absolute atomic E-state index is 0.241. The highest BCUT2D eigenvalue weighted by atomic mass is 19.1. The van der Waals surface area contributed by atoms with Crippen molar-refractivity contribution in [3.63, 3.8) is 0 Å². The summed E-state index contributed by atoms with van der Waals surface area (Å²) in [4.78, 5) is 10.8. The molecule has 0 fully saturated rings. The fourth-order valence-electron chi connectivity index (χ4n) is 2.43. The molecular formula is C18H23FN4. The summed E-state index contributed by atoms with van der Waals surface area (Å²) in [5, 5.41) is 3.21. The Kier molecular flexibility index (Phi) is 5.32. The van der Waals surface area contributed by atoms with Crippen molar-refractivity contribution in [1.29, 1.82) is 0 Å². The molecule has 0 amide bonds. The number of hydrogen-bond acceptors (Lipinski definition) is 4. The Hall–Kier alpha value is -2.43. The van der Waals surface area contributed by atoms with Crippen LogP contribution in [0.15, 0.2) is 36.5 Å². The van der Waals surface area contributed by atoms with Gasteiger partial charge in [0.05, 0.1) is 5.69 Å². The third-order valence-electron chi connectivity index (χ3n) is 3.38. The number of nitrogens with one attached hydrogen (secondary N) is 1. The molecule has 0 aliphatic carbocycles. The third-order valence-corrected chi connectivity index (χ3v) is 3.38. The van der Waals surface area contributed by atoms with Gasteiger partial charge in [0.15, 0.2) is 0 Å². The van der Waals surface area contributed by atoms with E-state index in [2.05, 4.69) is 15.3 Å². The smallest absolute Gasteiger partial charge is 0.223 e. The van der Waals surface area contributed by atoms with Crippen LogP contribution in [0.4, 0.5) is 10.3 Å². The van der Waals surface area contributed by atoms with E-state index in [0.717, 1.165) is 22.5 Å². The number of hydrogen-bond donors (Lipinski definition) is 1. The van der Waals surface area contributed by atoms with Crippen molar-refractivity contribution in [3.8, 4) is 0 Å². The first kappa shape index (κ1) is 16.9. The van der Waals surface area contributed by atoms with Crippen molar-refractivity contribution in [2.75, 3.05) is 19.4 Å². The van der Waals surface area contributed by atoms with Crippen molar-refractivity contribution < 1.29 is 4.39 Å². The Morgan fingerprint density at radius 1 is 1.13 bits per heavy atom. The Morgan fingerprint density at radius 2 is 1.78 bits per heavy atom. The van der Waals surface area contributed by atoms with Crippen molar-refractivity contribution >= 4 is 17.2 Å². The first-order valence-corrected chi connectivity index (χ1v) is 7.62. The molecule has 0 atom stereocenters. The molecule has 0 saturated carbocycles. The van der Waals surface area contributed by atoms with Gasteiger partial charge in [-0.05, 0) is 62.2 Å². The maximum Gasteiger partial charge on any atom is 0.223 e. The largest absolute Gasteiger partial charge is 0.377 e. The van der Waals surface area contributed by atoms with Gasteiger partial charge in [-0.3, -0.25) is 0 Å². The van der Waals surface area contributed by atoms with E-state index in [9.17, 15) is 4.39 Å². The highest BCUT2D eigenvalue weighted by molar-refractivity contribution is 5.87. The topological polar surface area (TPSA) is 41.1 Å². The van der Waals surface area contributed by atoms with E-state index in [1.807, 2.05) is 45.8 Å². The molecule has 2 aromatic rings. The maximum atomic E-state index is 13.2. The lowest BCUT2D eigenvalue weighted by molar-refractivity contribution is 0.591. The zero-order valence-electron chi connectivity index (χ0n) is 14.3. The summed E-state index contributed by atoms with van der Waals surface area (Å²) < 4.78 is 13.2. The van der Waals surface area contributed by atoms with Crippen molar-refractivity contribution in [2.24, 2.45) is 0 Å². The van der Waals surface area contributed by atoms with Crippen LogP contribution in [0, 0.1) is 5.82 Å². The Bertz CT molecular complexity index is 690. The van der Waals surface area contributed by atoms with Crippen LogP contribution in [0.3, 0.4) is 0 Å². The predicted molar refractivity (Wildman–Crippen MR) is 93.4 cm³/mol. The monoisotopic (exact) mass is 314 g/mol. The average Bonchev–Trinajstić information content (AvgIpc) is 2.48. The Labute approximate surface area is 137 Å². The van der Waals surface area contributed by atoms with E-state index in [-0.39, 0.29) is 11.9 Å². The number of allylic oxidation sites excluding steroid dienone is 1. The molecular weight excluding hydrogens is 291 g/mol. The Balaban J connectivity index is 2.48. The number of aromatic nitrogens is 2. The molecule has 0 saturated heterocycles. The fourth-order valence-corrected chi connectivity index (χ4v) is 2.43. The van der Waals surface area contributed by atoms with Crippen LogP contribution in [0.5, 0.6) is 0 Å². The molecule has 0 bridgehead atoms.